The third-order valence-electron chi connectivity index (χ3n) is 2.08. The average molecular weight is 258 g/mol. The number of nitrogens with zero attached hydrogens (tertiary/aromatic N) is 2. The number of hydrogen-bond acceptors (Lipinski definition) is 4. The lowest BCUT2D eigenvalue weighted by molar-refractivity contribution is 0.232. The first kappa shape index (κ1) is 14.0. The molecular formula is C12H20ClN3O. The fourth-order valence-corrected chi connectivity index (χ4v) is 1.66. The summed E-state index contributed by atoms with van der Waals surface area (Å²) in [5.41, 5.74) is 0. The van der Waals surface area contributed by atoms with E-state index < -0.39 is 0 Å². The fourth-order valence-electron chi connectivity index (χ4n) is 1.36. The molecule has 1 atom stereocenters. The number of halogens is 1. The highest BCUT2D eigenvalue weighted by molar-refractivity contribution is 6.20. The van der Waals surface area contributed by atoms with Crippen molar-refractivity contribution in [2.45, 2.75) is 45.1 Å². The molecule has 0 bridgehead atoms. The summed E-state index contributed by atoms with van der Waals surface area (Å²) in [4.78, 5) is 8.36. The Morgan fingerprint density at radius 2 is 2.18 bits per heavy atom. The van der Waals surface area contributed by atoms with Crippen molar-refractivity contribution in [2.75, 3.05) is 11.9 Å². The molecule has 0 aromatic carbocycles. The van der Waals surface area contributed by atoms with Crippen LogP contribution in [0.5, 0.6) is 5.88 Å². The highest BCUT2D eigenvalue weighted by Gasteiger charge is 2.05. The Bertz CT molecular complexity index is 333. The van der Waals surface area contributed by atoms with Gasteiger partial charge in [-0.2, -0.15) is 4.98 Å². The molecule has 0 aliphatic rings. The van der Waals surface area contributed by atoms with E-state index in [1.54, 1.807) is 12.4 Å². The summed E-state index contributed by atoms with van der Waals surface area (Å²) in [6.45, 7) is 6.72. The molecule has 96 valence electrons. The van der Waals surface area contributed by atoms with Crippen molar-refractivity contribution in [3.8, 4) is 5.88 Å². The predicted molar refractivity (Wildman–Crippen MR) is 70.8 cm³/mol. The van der Waals surface area contributed by atoms with E-state index in [2.05, 4.69) is 22.2 Å². The van der Waals surface area contributed by atoms with Crippen LogP contribution in [0.15, 0.2) is 12.4 Å². The standard InChI is InChI=1S/C12H20ClN3O/c1-4-5-10(13)6-15-11-7-14-8-12(16-11)17-9(2)3/h7-10H,4-6H2,1-3H3,(H,15,16). The van der Waals surface area contributed by atoms with E-state index in [4.69, 9.17) is 16.3 Å². The van der Waals surface area contributed by atoms with Gasteiger partial charge in [-0.25, -0.2) is 0 Å². The van der Waals surface area contributed by atoms with Crippen LogP contribution in [0.2, 0.25) is 0 Å². The second-order valence-corrected chi connectivity index (χ2v) is 4.79. The van der Waals surface area contributed by atoms with Crippen LogP contribution in [-0.2, 0) is 0 Å². The van der Waals surface area contributed by atoms with Gasteiger partial charge in [-0.15, -0.1) is 11.6 Å². The Hall–Kier alpha value is -1.03. The molecule has 0 fully saturated rings. The first-order valence-electron chi connectivity index (χ1n) is 5.98. The molecule has 0 aliphatic carbocycles. The molecule has 17 heavy (non-hydrogen) atoms. The molecule has 1 rings (SSSR count). The van der Waals surface area contributed by atoms with E-state index in [1.807, 2.05) is 13.8 Å². The molecule has 1 aromatic heterocycles. The van der Waals surface area contributed by atoms with Gasteiger partial charge in [0.15, 0.2) is 0 Å². The molecule has 0 radical (unpaired) electrons. The van der Waals surface area contributed by atoms with Gasteiger partial charge < -0.3 is 10.1 Å². The molecule has 0 saturated carbocycles. The third kappa shape index (κ3) is 5.73. The summed E-state index contributed by atoms with van der Waals surface area (Å²) in [7, 11) is 0. The summed E-state index contributed by atoms with van der Waals surface area (Å²) in [6, 6.07) is 0. The van der Waals surface area contributed by atoms with Gasteiger partial charge in [0.1, 0.15) is 5.82 Å². The first-order chi connectivity index (χ1) is 8.11. The summed E-state index contributed by atoms with van der Waals surface area (Å²) >= 11 is 6.11. The number of aromatic nitrogens is 2. The summed E-state index contributed by atoms with van der Waals surface area (Å²) < 4.78 is 5.46. The monoisotopic (exact) mass is 257 g/mol. The Kier molecular flexibility index (Phi) is 6.05. The van der Waals surface area contributed by atoms with Crippen molar-refractivity contribution in [2.24, 2.45) is 0 Å². The van der Waals surface area contributed by atoms with Crippen molar-refractivity contribution in [3.63, 3.8) is 0 Å². The highest BCUT2D eigenvalue weighted by atomic mass is 35.5. The number of alkyl halides is 1. The smallest absolute Gasteiger partial charge is 0.234 e. The van der Waals surface area contributed by atoms with Gasteiger partial charge in [0.05, 0.1) is 23.9 Å². The number of ether oxygens (including phenoxy) is 1. The van der Waals surface area contributed by atoms with Crippen LogP contribution < -0.4 is 10.1 Å². The molecule has 0 spiro atoms. The van der Waals surface area contributed by atoms with Crippen molar-refractivity contribution in [1.82, 2.24) is 9.97 Å². The lowest BCUT2D eigenvalue weighted by atomic mass is 10.2. The van der Waals surface area contributed by atoms with Crippen LogP contribution in [0.1, 0.15) is 33.6 Å². The molecule has 4 nitrogen and oxygen atoms in total. The quantitative estimate of drug-likeness (QED) is 0.763. The SMILES string of the molecule is CCCC(Cl)CNc1cncc(OC(C)C)n1. The van der Waals surface area contributed by atoms with Crippen LogP contribution >= 0.6 is 11.6 Å². The minimum Gasteiger partial charge on any atom is -0.474 e. The highest BCUT2D eigenvalue weighted by Crippen LogP contribution is 2.12. The topological polar surface area (TPSA) is 47.0 Å². The van der Waals surface area contributed by atoms with Crippen molar-refractivity contribution < 1.29 is 4.74 Å². The van der Waals surface area contributed by atoms with E-state index in [9.17, 15) is 0 Å². The van der Waals surface area contributed by atoms with Gasteiger partial charge in [-0.3, -0.25) is 4.98 Å². The number of nitrogens with one attached hydrogen (secondary N) is 1. The van der Waals surface area contributed by atoms with Crippen LogP contribution in [0.4, 0.5) is 5.82 Å². The van der Waals surface area contributed by atoms with E-state index >= 15 is 0 Å². The van der Waals surface area contributed by atoms with Crippen LogP contribution in [0.3, 0.4) is 0 Å². The van der Waals surface area contributed by atoms with Crippen molar-refractivity contribution in [1.29, 1.82) is 0 Å². The van der Waals surface area contributed by atoms with Crippen LogP contribution in [0.25, 0.3) is 0 Å². The number of anilines is 1. The summed E-state index contributed by atoms with van der Waals surface area (Å²) in [6.07, 6.45) is 5.45. The summed E-state index contributed by atoms with van der Waals surface area (Å²) in [5.74, 6) is 1.23. The number of rotatable bonds is 7. The molecule has 0 saturated heterocycles. The summed E-state index contributed by atoms with van der Waals surface area (Å²) in [5, 5.41) is 3.28. The van der Waals surface area contributed by atoms with Gasteiger partial charge in [0, 0.05) is 6.54 Å². The van der Waals surface area contributed by atoms with Gasteiger partial charge >= 0.3 is 0 Å². The van der Waals surface area contributed by atoms with Crippen LogP contribution in [-0.4, -0.2) is 28.0 Å². The minimum absolute atomic E-state index is 0.0976. The second-order valence-electron chi connectivity index (χ2n) is 4.18. The van der Waals surface area contributed by atoms with Crippen molar-refractivity contribution >= 4 is 17.4 Å². The van der Waals surface area contributed by atoms with E-state index in [0.29, 0.717) is 18.2 Å². The van der Waals surface area contributed by atoms with E-state index in [0.717, 1.165) is 12.8 Å². The van der Waals surface area contributed by atoms with Gasteiger partial charge in [0.25, 0.3) is 0 Å². The lowest BCUT2D eigenvalue weighted by Crippen LogP contribution is -2.15. The average Bonchev–Trinajstić information content (AvgIpc) is 2.26. The molecule has 1 aromatic rings. The van der Waals surface area contributed by atoms with E-state index in [-0.39, 0.29) is 11.5 Å². The van der Waals surface area contributed by atoms with Gasteiger partial charge in [0.2, 0.25) is 5.88 Å². The Morgan fingerprint density at radius 3 is 2.82 bits per heavy atom. The fraction of sp³-hybridized carbons (Fsp3) is 0.667. The maximum atomic E-state index is 6.11. The van der Waals surface area contributed by atoms with Gasteiger partial charge in [-0.05, 0) is 20.3 Å². The molecule has 5 heteroatoms. The third-order valence-corrected chi connectivity index (χ3v) is 2.45. The predicted octanol–water partition coefficient (Wildman–Crippen LogP) is 3.08. The largest absolute Gasteiger partial charge is 0.474 e. The van der Waals surface area contributed by atoms with E-state index in [1.165, 1.54) is 0 Å². The normalized spacial score (nSPS) is 12.5. The lowest BCUT2D eigenvalue weighted by Gasteiger charge is -2.12. The molecule has 1 unspecified atom stereocenters. The zero-order valence-corrected chi connectivity index (χ0v) is 11.4. The molecule has 1 heterocycles. The van der Waals surface area contributed by atoms with Crippen molar-refractivity contribution in [3.05, 3.63) is 12.4 Å². The Labute approximate surface area is 108 Å². The number of hydrogen-bond donors (Lipinski definition) is 1. The first-order valence-corrected chi connectivity index (χ1v) is 6.42. The molecular weight excluding hydrogens is 238 g/mol. The van der Waals surface area contributed by atoms with Gasteiger partial charge in [-0.1, -0.05) is 13.3 Å². The molecule has 1 N–H and O–H groups in total. The zero-order valence-electron chi connectivity index (χ0n) is 10.6. The maximum Gasteiger partial charge on any atom is 0.234 e. The minimum atomic E-state index is 0.0976. The Balaban J connectivity index is 2.48. The second kappa shape index (κ2) is 7.33. The zero-order chi connectivity index (χ0) is 12.7. The van der Waals surface area contributed by atoms with Crippen LogP contribution in [0, 0.1) is 0 Å². The molecule has 0 aliphatic heterocycles. The maximum absolute atomic E-state index is 6.11. The Morgan fingerprint density at radius 1 is 1.41 bits per heavy atom. The molecule has 0 amide bonds.